The fraction of sp³-hybridized carbons (Fsp3) is 0.308. The van der Waals surface area contributed by atoms with E-state index in [2.05, 4.69) is 36.7 Å². The minimum absolute atomic E-state index is 0.957. The van der Waals surface area contributed by atoms with E-state index in [0.717, 1.165) is 18.5 Å². The van der Waals surface area contributed by atoms with Gasteiger partial charge < -0.3 is 0 Å². The van der Waals surface area contributed by atoms with Gasteiger partial charge in [-0.15, -0.1) is 0 Å². The summed E-state index contributed by atoms with van der Waals surface area (Å²) in [5.74, 6) is 0. The first-order valence-electron chi connectivity index (χ1n) is 5.02. The first-order valence-corrected chi connectivity index (χ1v) is 5.02. The van der Waals surface area contributed by atoms with Gasteiger partial charge in [-0.1, -0.05) is 43.9 Å². The summed E-state index contributed by atoms with van der Waals surface area (Å²) >= 11 is 0. The number of allylic oxidation sites excluding steroid dienone is 7. The summed E-state index contributed by atoms with van der Waals surface area (Å²) in [4.78, 5) is 4.48. The standard InChI is InChI=1S/C13H17N/c1-4-6-8-12(7-5-2)13-10-9-11(3)14-13/h4,6-9H,1,5,10H2,2-3H3/b8-6-,12-7+. The Labute approximate surface area is 86.2 Å². The lowest BCUT2D eigenvalue weighted by Gasteiger charge is -2.00. The van der Waals surface area contributed by atoms with Crippen molar-refractivity contribution in [2.45, 2.75) is 26.7 Å². The molecular formula is C13H17N. The molecule has 1 aliphatic heterocycles. The average Bonchev–Trinajstić information content (AvgIpc) is 2.59. The van der Waals surface area contributed by atoms with Crippen LogP contribution in [0.5, 0.6) is 0 Å². The van der Waals surface area contributed by atoms with Crippen molar-refractivity contribution in [1.29, 1.82) is 0 Å². The molecule has 0 radical (unpaired) electrons. The second-order valence-electron chi connectivity index (χ2n) is 3.27. The van der Waals surface area contributed by atoms with Gasteiger partial charge in [-0.25, -0.2) is 0 Å². The van der Waals surface area contributed by atoms with E-state index in [1.807, 2.05) is 13.0 Å². The lowest BCUT2D eigenvalue weighted by Crippen LogP contribution is -1.96. The fourth-order valence-corrected chi connectivity index (χ4v) is 1.40. The van der Waals surface area contributed by atoms with Gasteiger partial charge in [0.25, 0.3) is 0 Å². The maximum atomic E-state index is 4.48. The van der Waals surface area contributed by atoms with Crippen LogP contribution in [-0.4, -0.2) is 5.71 Å². The predicted molar refractivity (Wildman–Crippen MR) is 63.5 cm³/mol. The van der Waals surface area contributed by atoms with E-state index in [9.17, 15) is 0 Å². The van der Waals surface area contributed by atoms with Crippen LogP contribution in [0, 0.1) is 0 Å². The Kier molecular flexibility index (Phi) is 4.11. The normalized spacial score (nSPS) is 17.1. The predicted octanol–water partition coefficient (Wildman–Crippen LogP) is 3.81. The highest BCUT2D eigenvalue weighted by atomic mass is 14.8. The summed E-state index contributed by atoms with van der Waals surface area (Å²) in [5.41, 5.74) is 3.51. The van der Waals surface area contributed by atoms with Gasteiger partial charge in [-0.3, -0.25) is 4.99 Å². The fourth-order valence-electron chi connectivity index (χ4n) is 1.40. The van der Waals surface area contributed by atoms with Gasteiger partial charge in [-0.2, -0.15) is 0 Å². The number of nitrogens with zero attached hydrogens (tertiary/aromatic N) is 1. The van der Waals surface area contributed by atoms with Gasteiger partial charge in [0.05, 0.1) is 5.71 Å². The van der Waals surface area contributed by atoms with Crippen LogP contribution in [-0.2, 0) is 0 Å². The molecule has 0 amide bonds. The van der Waals surface area contributed by atoms with Gasteiger partial charge in [0, 0.05) is 12.1 Å². The van der Waals surface area contributed by atoms with Crippen LogP contribution in [0.1, 0.15) is 26.7 Å². The third-order valence-electron chi connectivity index (χ3n) is 2.07. The van der Waals surface area contributed by atoms with Gasteiger partial charge in [0.15, 0.2) is 0 Å². The largest absolute Gasteiger partial charge is 0.258 e. The quantitative estimate of drug-likeness (QED) is 0.593. The average molecular weight is 187 g/mol. The van der Waals surface area contributed by atoms with Crippen molar-refractivity contribution in [2.75, 3.05) is 0 Å². The van der Waals surface area contributed by atoms with Crippen molar-refractivity contribution >= 4 is 5.71 Å². The molecule has 1 heterocycles. The Morgan fingerprint density at radius 1 is 1.64 bits per heavy atom. The van der Waals surface area contributed by atoms with Crippen LogP contribution >= 0.6 is 0 Å². The topological polar surface area (TPSA) is 12.4 Å². The highest BCUT2D eigenvalue weighted by Crippen LogP contribution is 2.16. The molecule has 0 aromatic carbocycles. The monoisotopic (exact) mass is 187 g/mol. The van der Waals surface area contributed by atoms with Gasteiger partial charge in [0.2, 0.25) is 0 Å². The summed E-state index contributed by atoms with van der Waals surface area (Å²) in [7, 11) is 0. The van der Waals surface area contributed by atoms with Crippen LogP contribution in [0.25, 0.3) is 0 Å². The molecular weight excluding hydrogens is 170 g/mol. The van der Waals surface area contributed by atoms with E-state index in [4.69, 9.17) is 0 Å². The van der Waals surface area contributed by atoms with Crippen molar-refractivity contribution in [1.82, 2.24) is 0 Å². The highest BCUT2D eigenvalue weighted by Gasteiger charge is 2.07. The number of aliphatic imine (C=N–C) groups is 1. The van der Waals surface area contributed by atoms with Crippen molar-refractivity contribution in [2.24, 2.45) is 4.99 Å². The van der Waals surface area contributed by atoms with E-state index in [-0.39, 0.29) is 0 Å². The van der Waals surface area contributed by atoms with Crippen molar-refractivity contribution in [3.05, 3.63) is 48.2 Å². The van der Waals surface area contributed by atoms with Crippen molar-refractivity contribution in [3.63, 3.8) is 0 Å². The number of hydrogen-bond acceptors (Lipinski definition) is 1. The number of rotatable bonds is 4. The molecule has 0 atom stereocenters. The second kappa shape index (κ2) is 5.38. The molecule has 0 spiro atoms. The molecule has 0 unspecified atom stereocenters. The van der Waals surface area contributed by atoms with Gasteiger partial charge >= 0.3 is 0 Å². The Morgan fingerprint density at radius 3 is 2.93 bits per heavy atom. The summed E-state index contributed by atoms with van der Waals surface area (Å²) in [6, 6.07) is 0. The lowest BCUT2D eigenvalue weighted by molar-refractivity contribution is 1.21. The zero-order valence-corrected chi connectivity index (χ0v) is 8.96. The Hall–Kier alpha value is -1.37. The van der Waals surface area contributed by atoms with E-state index in [1.54, 1.807) is 6.08 Å². The maximum absolute atomic E-state index is 4.48. The van der Waals surface area contributed by atoms with Crippen molar-refractivity contribution < 1.29 is 0 Å². The molecule has 0 saturated carbocycles. The maximum Gasteiger partial charge on any atom is 0.0514 e. The molecule has 1 rings (SSSR count). The van der Waals surface area contributed by atoms with Crippen LogP contribution in [0.4, 0.5) is 0 Å². The van der Waals surface area contributed by atoms with E-state index < -0.39 is 0 Å². The molecule has 0 N–H and O–H groups in total. The van der Waals surface area contributed by atoms with Gasteiger partial charge in [-0.05, 0) is 18.9 Å². The molecule has 0 fully saturated rings. The Balaban J connectivity index is 2.80. The summed E-state index contributed by atoms with van der Waals surface area (Å²) in [5, 5.41) is 0. The van der Waals surface area contributed by atoms with E-state index >= 15 is 0 Å². The summed E-state index contributed by atoms with van der Waals surface area (Å²) in [6.07, 6.45) is 12.2. The summed E-state index contributed by atoms with van der Waals surface area (Å²) < 4.78 is 0. The third kappa shape index (κ3) is 2.84. The Bertz CT molecular complexity index is 327. The molecule has 0 aromatic rings. The Morgan fingerprint density at radius 2 is 2.43 bits per heavy atom. The third-order valence-corrected chi connectivity index (χ3v) is 2.07. The second-order valence-corrected chi connectivity index (χ2v) is 3.27. The SMILES string of the molecule is C=C/C=C\C(=C/CC)C1=NC(C)=CC1. The molecule has 74 valence electrons. The van der Waals surface area contributed by atoms with Gasteiger partial charge in [0.1, 0.15) is 0 Å². The smallest absolute Gasteiger partial charge is 0.0514 e. The van der Waals surface area contributed by atoms with Crippen LogP contribution < -0.4 is 0 Å². The lowest BCUT2D eigenvalue weighted by atomic mass is 10.1. The molecule has 1 aliphatic rings. The first kappa shape index (κ1) is 10.7. The minimum atomic E-state index is 0.957. The molecule has 14 heavy (non-hydrogen) atoms. The van der Waals surface area contributed by atoms with Crippen LogP contribution in [0.2, 0.25) is 0 Å². The van der Waals surface area contributed by atoms with Crippen LogP contribution in [0.15, 0.2) is 53.2 Å². The van der Waals surface area contributed by atoms with E-state index in [1.165, 1.54) is 11.3 Å². The van der Waals surface area contributed by atoms with E-state index in [0.29, 0.717) is 0 Å². The zero-order valence-electron chi connectivity index (χ0n) is 8.96. The number of hydrogen-bond donors (Lipinski definition) is 0. The molecule has 0 saturated heterocycles. The highest BCUT2D eigenvalue weighted by molar-refractivity contribution is 6.05. The van der Waals surface area contributed by atoms with Crippen molar-refractivity contribution in [3.8, 4) is 0 Å². The molecule has 1 nitrogen and oxygen atoms in total. The first-order chi connectivity index (χ1) is 6.77. The molecule has 0 aromatic heterocycles. The molecule has 0 aliphatic carbocycles. The minimum Gasteiger partial charge on any atom is -0.258 e. The zero-order chi connectivity index (χ0) is 10.4. The molecule has 0 bridgehead atoms. The van der Waals surface area contributed by atoms with Crippen LogP contribution in [0.3, 0.4) is 0 Å². The summed E-state index contributed by atoms with van der Waals surface area (Å²) in [6.45, 7) is 7.84. The molecule has 1 heteroatoms.